The van der Waals surface area contributed by atoms with Gasteiger partial charge in [0.1, 0.15) is 5.78 Å². The summed E-state index contributed by atoms with van der Waals surface area (Å²) in [6, 6.07) is 32.0. The summed E-state index contributed by atoms with van der Waals surface area (Å²) in [5, 5.41) is 0. The first-order valence-corrected chi connectivity index (χ1v) is 10.3. The number of likely N-dealkylation sites (tertiary alicyclic amines) is 1. The topological polar surface area (TPSA) is 20.3 Å². The number of hydrogen-bond acceptors (Lipinski definition) is 2. The van der Waals surface area contributed by atoms with Crippen molar-refractivity contribution in [3.8, 4) is 0 Å². The zero-order valence-electron chi connectivity index (χ0n) is 16.8. The van der Waals surface area contributed by atoms with E-state index in [0.717, 1.165) is 13.0 Å². The van der Waals surface area contributed by atoms with Gasteiger partial charge >= 0.3 is 0 Å². The van der Waals surface area contributed by atoms with Crippen molar-refractivity contribution in [2.24, 2.45) is 5.92 Å². The van der Waals surface area contributed by atoms with Crippen LogP contribution in [0.25, 0.3) is 6.08 Å². The van der Waals surface area contributed by atoms with Crippen LogP contribution in [0.1, 0.15) is 36.1 Å². The highest BCUT2D eigenvalue weighted by molar-refractivity contribution is 5.79. The van der Waals surface area contributed by atoms with Crippen LogP contribution in [0.2, 0.25) is 0 Å². The van der Waals surface area contributed by atoms with Gasteiger partial charge in [-0.15, -0.1) is 0 Å². The molecule has 4 rings (SSSR count). The third-order valence-corrected chi connectivity index (χ3v) is 5.83. The average Bonchev–Trinajstić information content (AvgIpc) is 3.19. The summed E-state index contributed by atoms with van der Waals surface area (Å²) in [5.74, 6) is 0.362. The number of carbonyl (C=O) groups excluding carboxylic acids is 1. The lowest BCUT2D eigenvalue weighted by molar-refractivity contribution is -0.120. The molecule has 0 amide bonds. The Balaban J connectivity index is 1.72. The van der Waals surface area contributed by atoms with Gasteiger partial charge in [0.05, 0.1) is 6.04 Å². The molecule has 3 aromatic carbocycles. The van der Waals surface area contributed by atoms with Gasteiger partial charge in [-0.3, -0.25) is 9.69 Å². The number of benzene rings is 3. The zero-order chi connectivity index (χ0) is 20.1. The third kappa shape index (κ3) is 4.55. The second-order valence-electron chi connectivity index (χ2n) is 7.80. The third-order valence-electron chi connectivity index (χ3n) is 5.83. The lowest BCUT2D eigenvalue weighted by Crippen LogP contribution is -2.33. The Morgan fingerprint density at radius 2 is 1.38 bits per heavy atom. The molecule has 2 heteroatoms. The van der Waals surface area contributed by atoms with E-state index >= 15 is 0 Å². The Hall–Kier alpha value is -2.97. The van der Waals surface area contributed by atoms with Gasteiger partial charge in [-0.05, 0) is 30.0 Å². The molecule has 146 valence electrons. The van der Waals surface area contributed by atoms with Crippen LogP contribution >= 0.6 is 0 Å². The molecule has 1 saturated heterocycles. The van der Waals surface area contributed by atoms with E-state index in [1.165, 1.54) is 16.7 Å². The molecule has 0 unspecified atom stereocenters. The van der Waals surface area contributed by atoms with Crippen LogP contribution in [0.15, 0.2) is 97.1 Å². The number of nitrogens with zero attached hydrogens (tertiary/aromatic N) is 1. The number of rotatable bonds is 6. The molecule has 3 aromatic rings. The van der Waals surface area contributed by atoms with Crippen molar-refractivity contribution in [1.82, 2.24) is 4.90 Å². The minimum atomic E-state index is 0.0790. The van der Waals surface area contributed by atoms with Crippen molar-refractivity contribution >= 4 is 11.9 Å². The van der Waals surface area contributed by atoms with Crippen molar-refractivity contribution in [2.75, 3.05) is 6.54 Å². The standard InChI is InChI=1S/C27H27NO/c1-21(29)25-19-26(18-17-22-11-5-2-6-12-22)28(20-25)27(23-13-7-3-8-14-23)24-15-9-4-10-16-24/h2-18,25-27H,19-20H2,1H3/b18-17+/t25-,26-/m0/s1. The van der Waals surface area contributed by atoms with E-state index in [1.54, 1.807) is 6.92 Å². The Kier molecular flexibility index (Phi) is 6.02. The molecule has 2 nitrogen and oxygen atoms in total. The minimum Gasteiger partial charge on any atom is -0.300 e. The van der Waals surface area contributed by atoms with Gasteiger partial charge in [0.15, 0.2) is 0 Å². The van der Waals surface area contributed by atoms with Crippen LogP contribution in [-0.2, 0) is 4.79 Å². The molecule has 0 aliphatic carbocycles. The Bertz CT molecular complexity index is 910. The molecule has 1 fully saturated rings. The van der Waals surface area contributed by atoms with Crippen molar-refractivity contribution < 1.29 is 4.79 Å². The molecule has 0 N–H and O–H groups in total. The number of ketones is 1. The second kappa shape index (κ2) is 9.02. The van der Waals surface area contributed by atoms with E-state index in [9.17, 15) is 4.79 Å². The molecule has 0 bridgehead atoms. The van der Waals surface area contributed by atoms with Crippen LogP contribution in [0.3, 0.4) is 0 Å². The normalized spacial score (nSPS) is 19.8. The molecule has 29 heavy (non-hydrogen) atoms. The maximum Gasteiger partial charge on any atom is 0.134 e. The van der Waals surface area contributed by atoms with Gasteiger partial charge in [-0.2, -0.15) is 0 Å². The molecule has 0 aromatic heterocycles. The summed E-state index contributed by atoms with van der Waals surface area (Å²) < 4.78 is 0. The molecule has 0 spiro atoms. The molecule has 1 aliphatic heterocycles. The van der Waals surface area contributed by atoms with Crippen molar-refractivity contribution in [3.63, 3.8) is 0 Å². The first-order chi connectivity index (χ1) is 14.2. The van der Waals surface area contributed by atoms with Gasteiger partial charge in [-0.25, -0.2) is 0 Å². The maximum atomic E-state index is 12.3. The predicted molar refractivity (Wildman–Crippen MR) is 119 cm³/mol. The van der Waals surface area contributed by atoms with E-state index in [4.69, 9.17) is 0 Å². The highest BCUT2D eigenvalue weighted by atomic mass is 16.1. The Labute approximate surface area is 173 Å². The van der Waals surface area contributed by atoms with Crippen LogP contribution in [0, 0.1) is 5.92 Å². The fraction of sp³-hybridized carbons (Fsp3) is 0.222. The largest absolute Gasteiger partial charge is 0.300 e. The van der Waals surface area contributed by atoms with Crippen LogP contribution < -0.4 is 0 Å². The first-order valence-electron chi connectivity index (χ1n) is 10.3. The quantitative estimate of drug-likeness (QED) is 0.540. The summed E-state index contributed by atoms with van der Waals surface area (Å²) in [7, 11) is 0. The minimum absolute atomic E-state index is 0.0790. The number of hydrogen-bond donors (Lipinski definition) is 0. The van der Waals surface area contributed by atoms with Crippen molar-refractivity contribution in [3.05, 3.63) is 114 Å². The molecule has 1 heterocycles. The molecule has 2 atom stereocenters. The Morgan fingerprint density at radius 3 is 1.90 bits per heavy atom. The SMILES string of the molecule is CC(=O)[C@H]1C[C@H](/C=C/c2ccccc2)N(C(c2ccccc2)c2ccccc2)C1. The van der Waals surface area contributed by atoms with Crippen LogP contribution in [0.4, 0.5) is 0 Å². The number of Topliss-reactive ketones (excluding diaryl/α,β-unsaturated/α-hetero) is 1. The van der Waals surface area contributed by atoms with E-state index < -0.39 is 0 Å². The summed E-state index contributed by atoms with van der Waals surface area (Å²) in [5.41, 5.74) is 3.72. The first kappa shape index (κ1) is 19.4. The van der Waals surface area contributed by atoms with Gasteiger partial charge in [0.25, 0.3) is 0 Å². The Morgan fingerprint density at radius 1 is 0.862 bits per heavy atom. The smallest absolute Gasteiger partial charge is 0.134 e. The summed E-state index contributed by atoms with van der Waals surface area (Å²) in [4.78, 5) is 14.8. The highest BCUT2D eigenvalue weighted by Crippen LogP contribution is 2.37. The molecule has 0 radical (unpaired) electrons. The average molecular weight is 382 g/mol. The summed E-state index contributed by atoms with van der Waals surface area (Å²) in [6.07, 6.45) is 5.33. The second-order valence-corrected chi connectivity index (χ2v) is 7.80. The zero-order valence-corrected chi connectivity index (χ0v) is 16.8. The van der Waals surface area contributed by atoms with Gasteiger partial charge in [-0.1, -0.05) is 103 Å². The molecular formula is C27H27NO. The molecule has 0 saturated carbocycles. The van der Waals surface area contributed by atoms with Crippen molar-refractivity contribution in [1.29, 1.82) is 0 Å². The van der Waals surface area contributed by atoms with Gasteiger partial charge < -0.3 is 0 Å². The summed E-state index contributed by atoms with van der Waals surface area (Å²) >= 11 is 0. The lowest BCUT2D eigenvalue weighted by atomic mass is 9.96. The van der Waals surface area contributed by atoms with E-state index in [2.05, 4.69) is 102 Å². The lowest BCUT2D eigenvalue weighted by Gasteiger charge is -2.33. The number of carbonyl (C=O) groups is 1. The maximum absolute atomic E-state index is 12.3. The van der Waals surface area contributed by atoms with Crippen molar-refractivity contribution in [2.45, 2.75) is 25.4 Å². The van der Waals surface area contributed by atoms with Crippen LogP contribution in [-0.4, -0.2) is 23.3 Å². The van der Waals surface area contributed by atoms with Gasteiger partial charge in [0.2, 0.25) is 0 Å². The molecular weight excluding hydrogens is 354 g/mol. The van der Waals surface area contributed by atoms with Crippen LogP contribution in [0.5, 0.6) is 0 Å². The van der Waals surface area contributed by atoms with E-state index in [1.807, 2.05) is 6.07 Å². The fourth-order valence-electron chi connectivity index (χ4n) is 4.30. The van der Waals surface area contributed by atoms with Gasteiger partial charge in [0, 0.05) is 18.5 Å². The summed E-state index contributed by atoms with van der Waals surface area (Å²) in [6.45, 7) is 2.51. The highest BCUT2D eigenvalue weighted by Gasteiger charge is 2.38. The monoisotopic (exact) mass is 381 g/mol. The van der Waals surface area contributed by atoms with E-state index in [-0.39, 0.29) is 23.8 Å². The fourth-order valence-corrected chi connectivity index (χ4v) is 4.30. The molecule has 1 aliphatic rings. The van der Waals surface area contributed by atoms with E-state index in [0.29, 0.717) is 0 Å². The predicted octanol–water partition coefficient (Wildman–Crippen LogP) is 5.77.